The summed E-state index contributed by atoms with van der Waals surface area (Å²) < 4.78 is 10.4. The molecule has 8 nitrogen and oxygen atoms in total. The molecule has 0 radical (unpaired) electrons. The Balaban J connectivity index is 1.57. The molecule has 4 amide bonds. The maximum atomic E-state index is 12.5. The van der Waals surface area contributed by atoms with Crippen LogP contribution in [0.2, 0.25) is 0 Å². The van der Waals surface area contributed by atoms with Crippen LogP contribution in [0.4, 0.5) is 10.5 Å². The van der Waals surface area contributed by atoms with Crippen molar-refractivity contribution in [2.24, 2.45) is 0 Å². The zero-order chi connectivity index (χ0) is 18.7. The summed E-state index contributed by atoms with van der Waals surface area (Å²) in [7, 11) is 3.05. The number of anilines is 1. The van der Waals surface area contributed by atoms with Crippen LogP contribution in [-0.4, -0.2) is 49.0 Å². The van der Waals surface area contributed by atoms with Crippen LogP contribution < -0.4 is 20.1 Å². The third kappa shape index (κ3) is 3.31. The lowest BCUT2D eigenvalue weighted by atomic mass is 9.98. The molecule has 1 heterocycles. The van der Waals surface area contributed by atoms with Crippen LogP contribution in [0.3, 0.4) is 0 Å². The monoisotopic (exact) mass is 361 g/mol. The van der Waals surface area contributed by atoms with Crippen molar-refractivity contribution < 1.29 is 23.9 Å². The summed E-state index contributed by atoms with van der Waals surface area (Å²) in [6.45, 7) is 0.0611. The second kappa shape index (κ2) is 7.23. The Labute approximate surface area is 151 Å². The van der Waals surface area contributed by atoms with Crippen LogP contribution in [0.5, 0.6) is 11.5 Å². The van der Waals surface area contributed by atoms with Crippen LogP contribution in [0.25, 0.3) is 0 Å². The summed E-state index contributed by atoms with van der Waals surface area (Å²) in [6, 6.07) is 4.63. The average molecular weight is 361 g/mol. The summed E-state index contributed by atoms with van der Waals surface area (Å²) >= 11 is 0. The molecule has 1 aliphatic heterocycles. The molecule has 1 aromatic rings. The van der Waals surface area contributed by atoms with Gasteiger partial charge in [-0.1, -0.05) is 12.8 Å². The average Bonchev–Trinajstić information content (AvgIpc) is 3.19. The predicted octanol–water partition coefficient (Wildman–Crippen LogP) is 1.90. The van der Waals surface area contributed by atoms with E-state index in [0.29, 0.717) is 30.0 Å². The Morgan fingerprint density at radius 2 is 1.88 bits per heavy atom. The Morgan fingerprint density at radius 1 is 1.19 bits per heavy atom. The fourth-order valence-corrected chi connectivity index (χ4v) is 3.55. The number of imide groups is 1. The topological polar surface area (TPSA) is 97.0 Å². The molecule has 0 bridgehead atoms. The van der Waals surface area contributed by atoms with Gasteiger partial charge in [0.2, 0.25) is 5.91 Å². The van der Waals surface area contributed by atoms with Gasteiger partial charge < -0.3 is 20.1 Å². The van der Waals surface area contributed by atoms with Crippen molar-refractivity contribution in [3.8, 4) is 11.5 Å². The van der Waals surface area contributed by atoms with Crippen molar-refractivity contribution in [1.82, 2.24) is 10.2 Å². The zero-order valence-corrected chi connectivity index (χ0v) is 15.0. The summed E-state index contributed by atoms with van der Waals surface area (Å²) in [5.41, 5.74) is -0.186. The molecule has 1 spiro atoms. The highest BCUT2D eigenvalue weighted by molar-refractivity contribution is 6.07. The molecule has 8 heteroatoms. The number of carbonyl (C=O) groups is 3. The molecule has 2 fully saturated rings. The molecule has 0 aromatic heterocycles. The lowest BCUT2D eigenvalue weighted by molar-refractivity contribution is -0.131. The number of nitrogens with zero attached hydrogens (tertiary/aromatic N) is 1. The highest BCUT2D eigenvalue weighted by Gasteiger charge is 2.52. The van der Waals surface area contributed by atoms with E-state index in [1.54, 1.807) is 18.2 Å². The number of rotatable bonds is 6. The first-order valence-electron chi connectivity index (χ1n) is 8.65. The van der Waals surface area contributed by atoms with E-state index in [4.69, 9.17) is 9.47 Å². The van der Waals surface area contributed by atoms with Crippen molar-refractivity contribution in [2.75, 3.05) is 26.1 Å². The van der Waals surface area contributed by atoms with E-state index in [-0.39, 0.29) is 24.8 Å². The molecule has 0 unspecified atom stereocenters. The van der Waals surface area contributed by atoms with Gasteiger partial charge in [-0.2, -0.15) is 0 Å². The maximum Gasteiger partial charge on any atom is 0.325 e. The Morgan fingerprint density at radius 3 is 2.54 bits per heavy atom. The standard InChI is InChI=1S/C18H23N3O5/c1-25-13-6-5-12(11-14(13)26-2)19-15(22)7-10-21-16(23)18(20-17(21)24)8-3-4-9-18/h5-6,11H,3-4,7-10H2,1-2H3,(H,19,22)(H,20,24). The van der Waals surface area contributed by atoms with E-state index < -0.39 is 11.6 Å². The van der Waals surface area contributed by atoms with Crippen molar-refractivity contribution >= 4 is 23.5 Å². The molecular weight excluding hydrogens is 338 g/mol. The van der Waals surface area contributed by atoms with Crippen LogP contribution in [0.1, 0.15) is 32.1 Å². The molecule has 1 aliphatic carbocycles. The van der Waals surface area contributed by atoms with E-state index in [9.17, 15) is 14.4 Å². The molecule has 1 aromatic carbocycles. The lowest BCUT2D eigenvalue weighted by Crippen LogP contribution is -2.44. The quantitative estimate of drug-likeness (QED) is 0.754. The summed E-state index contributed by atoms with van der Waals surface area (Å²) in [5, 5.41) is 5.54. The van der Waals surface area contributed by atoms with Crippen molar-refractivity contribution in [1.29, 1.82) is 0 Å². The number of hydrogen-bond acceptors (Lipinski definition) is 5. The second-order valence-corrected chi connectivity index (χ2v) is 6.54. The van der Waals surface area contributed by atoms with Gasteiger partial charge in [-0.25, -0.2) is 4.79 Å². The van der Waals surface area contributed by atoms with E-state index in [2.05, 4.69) is 10.6 Å². The minimum atomic E-state index is -0.739. The molecule has 1 saturated carbocycles. The van der Waals surface area contributed by atoms with Crippen molar-refractivity contribution in [3.05, 3.63) is 18.2 Å². The first-order valence-corrected chi connectivity index (χ1v) is 8.65. The molecule has 26 heavy (non-hydrogen) atoms. The highest BCUT2D eigenvalue weighted by Crippen LogP contribution is 2.35. The normalized spacial score (nSPS) is 18.2. The summed E-state index contributed by atoms with van der Waals surface area (Å²) in [6.07, 6.45) is 3.24. The van der Waals surface area contributed by atoms with Gasteiger partial charge in [-0.05, 0) is 25.0 Å². The number of carbonyl (C=O) groups excluding carboxylic acids is 3. The molecule has 2 N–H and O–H groups in total. The van der Waals surface area contributed by atoms with Crippen LogP contribution in [-0.2, 0) is 9.59 Å². The molecule has 2 aliphatic rings. The SMILES string of the molecule is COc1ccc(NC(=O)CCN2C(=O)NC3(CCCC3)C2=O)cc1OC. The number of amides is 4. The highest BCUT2D eigenvalue weighted by atomic mass is 16.5. The molecule has 0 atom stereocenters. The van der Waals surface area contributed by atoms with Gasteiger partial charge in [0, 0.05) is 24.7 Å². The Bertz CT molecular complexity index is 728. The van der Waals surface area contributed by atoms with Gasteiger partial charge >= 0.3 is 6.03 Å². The largest absolute Gasteiger partial charge is 0.493 e. The molecule has 140 valence electrons. The minimum Gasteiger partial charge on any atom is -0.493 e. The number of ether oxygens (including phenoxy) is 2. The van der Waals surface area contributed by atoms with E-state index in [1.807, 2.05) is 0 Å². The smallest absolute Gasteiger partial charge is 0.325 e. The van der Waals surface area contributed by atoms with Gasteiger partial charge in [-0.15, -0.1) is 0 Å². The van der Waals surface area contributed by atoms with Crippen LogP contribution >= 0.6 is 0 Å². The van der Waals surface area contributed by atoms with E-state index >= 15 is 0 Å². The van der Waals surface area contributed by atoms with Crippen LogP contribution in [0.15, 0.2) is 18.2 Å². The van der Waals surface area contributed by atoms with E-state index in [0.717, 1.165) is 17.7 Å². The van der Waals surface area contributed by atoms with Gasteiger partial charge in [0.25, 0.3) is 5.91 Å². The number of hydrogen-bond donors (Lipinski definition) is 2. The first kappa shape index (κ1) is 18.0. The van der Waals surface area contributed by atoms with E-state index in [1.165, 1.54) is 14.2 Å². The maximum absolute atomic E-state index is 12.5. The molecule has 3 rings (SSSR count). The fraction of sp³-hybridized carbons (Fsp3) is 0.500. The van der Waals surface area contributed by atoms with Crippen molar-refractivity contribution in [3.63, 3.8) is 0 Å². The van der Waals surface area contributed by atoms with Crippen molar-refractivity contribution in [2.45, 2.75) is 37.6 Å². The van der Waals surface area contributed by atoms with Gasteiger partial charge in [0.1, 0.15) is 5.54 Å². The summed E-state index contributed by atoms with van der Waals surface area (Å²) in [5.74, 6) is 0.568. The number of methoxy groups -OCH3 is 2. The number of urea groups is 1. The zero-order valence-electron chi connectivity index (χ0n) is 15.0. The third-order valence-corrected chi connectivity index (χ3v) is 4.93. The molecular formula is C18H23N3O5. The molecule has 1 saturated heterocycles. The van der Waals surface area contributed by atoms with Gasteiger partial charge in [-0.3, -0.25) is 14.5 Å². The van der Waals surface area contributed by atoms with Gasteiger partial charge in [0.05, 0.1) is 14.2 Å². The second-order valence-electron chi connectivity index (χ2n) is 6.54. The Hall–Kier alpha value is -2.77. The fourth-order valence-electron chi connectivity index (χ4n) is 3.55. The summed E-state index contributed by atoms with van der Waals surface area (Å²) in [4.78, 5) is 38.0. The number of benzene rings is 1. The lowest BCUT2D eigenvalue weighted by Gasteiger charge is -2.19. The van der Waals surface area contributed by atoms with Crippen LogP contribution in [0, 0.1) is 0 Å². The van der Waals surface area contributed by atoms with Gasteiger partial charge in [0.15, 0.2) is 11.5 Å². The minimum absolute atomic E-state index is 0.0313. The first-order chi connectivity index (χ1) is 12.5. The predicted molar refractivity (Wildman–Crippen MR) is 94.2 cm³/mol. The Kier molecular flexibility index (Phi) is 5.01. The third-order valence-electron chi connectivity index (χ3n) is 4.93. The number of nitrogens with one attached hydrogen (secondary N) is 2.